The lowest BCUT2D eigenvalue weighted by molar-refractivity contribution is 0.0902. The van der Waals surface area contributed by atoms with Gasteiger partial charge in [0.1, 0.15) is 5.56 Å². The number of hydrogen-bond acceptors (Lipinski definition) is 6. The monoisotopic (exact) mass is 439 g/mol. The van der Waals surface area contributed by atoms with Crippen LogP contribution in [0.3, 0.4) is 0 Å². The van der Waals surface area contributed by atoms with Crippen molar-refractivity contribution in [2.45, 2.75) is 36.7 Å². The first-order chi connectivity index (χ1) is 15.0. The molecular weight excluding hydrogens is 414 g/mol. The van der Waals surface area contributed by atoms with Crippen LogP contribution in [0.4, 0.5) is 5.82 Å². The van der Waals surface area contributed by atoms with Gasteiger partial charge >= 0.3 is 0 Å². The first kappa shape index (κ1) is 20.2. The van der Waals surface area contributed by atoms with Gasteiger partial charge in [-0.25, -0.2) is 9.50 Å². The molecule has 2 aromatic heterocycles. The Morgan fingerprint density at radius 3 is 2.94 bits per heavy atom. The van der Waals surface area contributed by atoms with Crippen LogP contribution in [0.15, 0.2) is 48.8 Å². The van der Waals surface area contributed by atoms with E-state index >= 15 is 0 Å². The Balaban J connectivity index is 1.44. The molecule has 1 saturated carbocycles. The first-order valence-corrected chi connectivity index (χ1v) is 11.1. The predicted octanol–water partition coefficient (Wildman–Crippen LogP) is 1.93. The van der Waals surface area contributed by atoms with Gasteiger partial charge in [-0.15, -0.1) is 16.7 Å². The second-order valence-electron chi connectivity index (χ2n) is 8.48. The van der Waals surface area contributed by atoms with Crippen LogP contribution in [0.25, 0.3) is 5.65 Å². The van der Waals surface area contributed by atoms with E-state index in [9.17, 15) is 4.79 Å². The smallest absolute Gasteiger partial charge is 0.259 e. The Bertz CT molecular complexity index is 1090. The number of aromatic nitrogens is 3. The number of fused-ring (bicyclic) bond motifs is 2. The van der Waals surface area contributed by atoms with Gasteiger partial charge in [0.15, 0.2) is 11.5 Å². The van der Waals surface area contributed by atoms with Crippen molar-refractivity contribution in [1.82, 2.24) is 30.8 Å². The molecule has 9 heteroatoms. The van der Waals surface area contributed by atoms with Gasteiger partial charge in [-0.1, -0.05) is 30.3 Å². The quantitative estimate of drug-likeness (QED) is 0.462. The van der Waals surface area contributed by atoms with E-state index in [4.69, 9.17) is 17.3 Å². The minimum Gasteiger partial charge on any atom is -0.381 e. The lowest BCUT2D eigenvalue weighted by atomic mass is 9.66. The molecule has 1 amide bonds. The van der Waals surface area contributed by atoms with E-state index in [1.165, 1.54) is 10.1 Å². The molecule has 0 spiro atoms. The molecule has 0 radical (unpaired) electrons. The van der Waals surface area contributed by atoms with Crippen molar-refractivity contribution in [1.29, 1.82) is 0 Å². The van der Waals surface area contributed by atoms with Crippen molar-refractivity contribution in [3.05, 3.63) is 59.9 Å². The highest BCUT2D eigenvalue weighted by atomic mass is 35.5. The van der Waals surface area contributed by atoms with Crippen LogP contribution in [0.2, 0.25) is 0 Å². The number of hydrazine groups is 1. The summed E-state index contributed by atoms with van der Waals surface area (Å²) in [7, 11) is 0. The second kappa shape index (κ2) is 8.11. The van der Waals surface area contributed by atoms with Gasteiger partial charge in [-0.2, -0.15) is 0 Å². The molecule has 5 rings (SSSR count). The zero-order valence-electron chi connectivity index (χ0n) is 17.2. The number of amides is 1. The molecule has 2 aliphatic rings. The number of carbonyl (C=O) groups excluding carboxylic acids is 1. The number of benzene rings is 1. The number of halogens is 1. The number of carbonyl (C=O) groups is 1. The van der Waals surface area contributed by atoms with Gasteiger partial charge in [-0.3, -0.25) is 15.6 Å². The average molecular weight is 440 g/mol. The standard InChI is InChI=1S/C22H26ClN7O/c1-12(27-22(31)18-20(24)29-30-9-5-8-25-21(18)30)14-10-16(23)15-11-26-28-19(15)17(14)13-6-3-2-4-7-13/h2-9,12,14-17,19,26,28H,10-11H2,1H3,(H2,24,29)(H,27,31). The van der Waals surface area contributed by atoms with Crippen LogP contribution < -0.4 is 21.9 Å². The Hall–Kier alpha value is -2.68. The normalized spacial score (nSPS) is 28.9. The van der Waals surface area contributed by atoms with Crippen molar-refractivity contribution in [3.63, 3.8) is 0 Å². The van der Waals surface area contributed by atoms with Crippen molar-refractivity contribution in [2.24, 2.45) is 11.8 Å². The minimum atomic E-state index is -0.267. The van der Waals surface area contributed by atoms with Crippen LogP contribution in [0.5, 0.6) is 0 Å². The number of nitrogens with one attached hydrogen (secondary N) is 3. The third-order valence-electron chi connectivity index (χ3n) is 6.71. The largest absolute Gasteiger partial charge is 0.381 e. The van der Waals surface area contributed by atoms with Crippen LogP contribution in [-0.4, -0.2) is 44.5 Å². The predicted molar refractivity (Wildman–Crippen MR) is 120 cm³/mol. The number of nitrogen functional groups attached to an aromatic ring is 1. The van der Waals surface area contributed by atoms with Crippen LogP contribution >= 0.6 is 11.6 Å². The van der Waals surface area contributed by atoms with E-state index in [1.807, 2.05) is 13.0 Å². The summed E-state index contributed by atoms with van der Waals surface area (Å²) >= 11 is 6.81. The molecule has 3 heterocycles. The lowest BCUT2D eigenvalue weighted by Gasteiger charge is -2.44. The molecule has 1 aromatic carbocycles. The maximum atomic E-state index is 13.2. The zero-order valence-corrected chi connectivity index (χ0v) is 18.0. The summed E-state index contributed by atoms with van der Waals surface area (Å²) in [5.41, 5.74) is 14.8. The molecule has 1 aliphatic carbocycles. The number of nitrogens with two attached hydrogens (primary N) is 1. The van der Waals surface area contributed by atoms with Crippen molar-refractivity contribution < 1.29 is 4.79 Å². The molecule has 6 atom stereocenters. The Morgan fingerprint density at radius 2 is 2.13 bits per heavy atom. The van der Waals surface area contributed by atoms with Gasteiger partial charge in [0.25, 0.3) is 5.91 Å². The number of anilines is 1. The van der Waals surface area contributed by atoms with Crippen molar-refractivity contribution in [3.8, 4) is 0 Å². The summed E-state index contributed by atoms with van der Waals surface area (Å²) in [6.07, 6.45) is 4.16. The van der Waals surface area contributed by atoms with E-state index in [0.29, 0.717) is 17.1 Å². The van der Waals surface area contributed by atoms with Crippen molar-refractivity contribution in [2.75, 3.05) is 12.3 Å². The third-order valence-corrected chi connectivity index (χ3v) is 7.21. The van der Waals surface area contributed by atoms with Gasteiger partial charge in [0.05, 0.1) is 0 Å². The van der Waals surface area contributed by atoms with E-state index in [1.54, 1.807) is 18.5 Å². The van der Waals surface area contributed by atoms with Crippen molar-refractivity contribution >= 4 is 29.0 Å². The molecule has 8 nitrogen and oxygen atoms in total. The van der Waals surface area contributed by atoms with Crippen LogP contribution in [0.1, 0.15) is 35.2 Å². The highest BCUT2D eigenvalue weighted by molar-refractivity contribution is 6.21. The summed E-state index contributed by atoms with van der Waals surface area (Å²) in [6.45, 7) is 2.89. The number of alkyl halides is 1. The molecule has 3 aromatic rings. The summed E-state index contributed by atoms with van der Waals surface area (Å²) in [4.78, 5) is 17.5. The Labute approximate surface area is 185 Å². The number of nitrogens with zero attached hydrogens (tertiary/aromatic N) is 3. The molecule has 1 aliphatic heterocycles. The molecular formula is C22H26ClN7O. The summed E-state index contributed by atoms with van der Waals surface area (Å²) in [5.74, 6) is 0.606. The average Bonchev–Trinajstić information content (AvgIpc) is 3.38. The second-order valence-corrected chi connectivity index (χ2v) is 9.04. The summed E-state index contributed by atoms with van der Waals surface area (Å²) in [5, 5.41) is 7.40. The van der Waals surface area contributed by atoms with Gasteiger partial charge < -0.3 is 11.1 Å². The number of rotatable bonds is 4. The van der Waals surface area contributed by atoms with E-state index < -0.39 is 0 Å². The topological polar surface area (TPSA) is 109 Å². The first-order valence-electron chi connectivity index (χ1n) is 10.6. The fraction of sp³-hybridized carbons (Fsp3) is 0.409. The van der Waals surface area contributed by atoms with Crippen LogP contribution in [0, 0.1) is 11.8 Å². The Kier molecular flexibility index (Phi) is 5.29. The maximum Gasteiger partial charge on any atom is 0.259 e. The molecule has 2 fully saturated rings. The van der Waals surface area contributed by atoms with Gasteiger partial charge in [-0.05, 0) is 30.9 Å². The minimum absolute atomic E-state index is 0.0283. The Morgan fingerprint density at radius 1 is 1.32 bits per heavy atom. The fourth-order valence-electron chi connectivity index (χ4n) is 5.24. The highest BCUT2D eigenvalue weighted by Gasteiger charge is 2.48. The van der Waals surface area contributed by atoms with E-state index in [2.05, 4.69) is 50.5 Å². The third kappa shape index (κ3) is 3.54. The van der Waals surface area contributed by atoms with E-state index in [-0.39, 0.29) is 41.0 Å². The molecule has 162 valence electrons. The van der Waals surface area contributed by atoms with E-state index in [0.717, 1.165) is 13.0 Å². The molecule has 5 N–H and O–H groups in total. The van der Waals surface area contributed by atoms with Gasteiger partial charge in [0.2, 0.25) is 0 Å². The fourth-order valence-corrected chi connectivity index (χ4v) is 5.69. The SMILES string of the molecule is CC(NC(=O)c1c(N)nn2cccnc12)C1CC(Cl)C2CNNC2C1c1ccccc1. The van der Waals surface area contributed by atoms with Crippen LogP contribution in [-0.2, 0) is 0 Å². The maximum absolute atomic E-state index is 13.2. The zero-order chi connectivity index (χ0) is 21.5. The molecule has 6 unspecified atom stereocenters. The summed E-state index contributed by atoms with van der Waals surface area (Å²) < 4.78 is 1.52. The lowest BCUT2D eigenvalue weighted by Crippen LogP contribution is -2.52. The molecule has 0 bridgehead atoms. The highest BCUT2D eigenvalue weighted by Crippen LogP contribution is 2.45. The number of hydrogen-bond donors (Lipinski definition) is 4. The summed E-state index contributed by atoms with van der Waals surface area (Å²) in [6, 6.07) is 12.3. The molecule has 31 heavy (non-hydrogen) atoms. The van der Waals surface area contributed by atoms with Gasteiger partial charge in [0, 0.05) is 48.2 Å². The molecule has 1 saturated heterocycles.